The van der Waals surface area contributed by atoms with Gasteiger partial charge in [-0.2, -0.15) is 37.9 Å². The van der Waals surface area contributed by atoms with E-state index in [9.17, 15) is 0 Å². The molecule has 146 valence electrons. The van der Waals surface area contributed by atoms with Crippen LogP contribution < -0.4 is 27.0 Å². The van der Waals surface area contributed by atoms with Crippen LogP contribution in [0.5, 0.6) is 0 Å². The fraction of sp³-hybridized carbons (Fsp3) is 1.00. The van der Waals surface area contributed by atoms with Crippen molar-refractivity contribution in [3.05, 3.63) is 0 Å². The summed E-state index contributed by atoms with van der Waals surface area (Å²) >= 11 is 13.4. The maximum absolute atomic E-state index is 6.46. The summed E-state index contributed by atoms with van der Waals surface area (Å²) in [6.07, 6.45) is 0.807. The molecule has 0 aliphatic carbocycles. The highest BCUT2D eigenvalue weighted by molar-refractivity contribution is 7.80. The molecule has 8 heteroatoms. The number of likely N-dealkylation sites (N-methyl/N-ethyl adjacent to an activating group) is 2. The Bertz CT molecular complexity index is 329. The summed E-state index contributed by atoms with van der Waals surface area (Å²) in [5, 5.41) is 14.0. The van der Waals surface area contributed by atoms with Crippen molar-refractivity contribution in [3.8, 4) is 0 Å². The standard InChI is InChI=1S/C16H39N5S3/c1-5-18-9-14(3,12-23)20-10-15(4,13-24)21-11-16(17,7-8-22)19-6-2/h18-24H,5-13,17H2,1-4H3/t14?,15-,16+/m1/s1. The van der Waals surface area contributed by atoms with Gasteiger partial charge < -0.3 is 21.7 Å². The first-order chi connectivity index (χ1) is 11.2. The van der Waals surface area contributed by atoms with Gasteiger partial charge in [0.2, 0.25) is 0 Å². The van der Waals surface area contributed by atoms with Crippen LogP contribution in [0, 0.1) is 0 Å². The molecule has 0 aromatic heterocycles. The molecular formula is C16H39N5S3. The highest BCUT2D eigenvalue weighted by Crippen LogP contribution is 2.12. The van der Waals surface area contributed by atoms with Gasteiger partial charge in [-0.25, -0.2) is 0 Å². The Morgan fingerprint density at radius 3 is 1.79 bits per heavy atom. The minimum Gasteiger partial charge on any atom is -0.315 e. The molecular weight excluding hydrogens is 358 g/mol. The summed E-state index contributed by atoms with van der Waals surface area (Å²) in [5.41, 5.74) is 5.80. The second-order valence-electron chi connectivity index (χ2n) is 7.09. The Hall–Kier alpha value is 0.850. The SMILES string of the molecule is CCNCC(C)(CS)NC[C@](C)(CS)NC[C@](N)(CCS)NCC. The van der Waals surface area contributed by atoms with Crippen LogP contribution in [0.4, 0.5) is 0 Å². The maximum atomic E-state index is 6.46. The van der Waals surface area contributed by atoms with Gasteiger partial charge in [-0.1, -0.05) is 13.8 Å². The van der Waals surface area contributed by atoms with Gasteiger partial charge in [-0.15, -0.1) is 0 Å². The number of nitrogens with one attached hydrogen (secondary N) is 4. The van der Waals surface area contributed by atoms with Crippen LogP contribution in [0.15, 0.2) is 0 Å². The van der Waals surface area contributed by atoms with E-state index < -0.39 is 5.66 Å². The van der Waals surface area contributed by atoms with Gasteiger partial charge >= 0.3 is 0 Å². The van der Waals surface area contributed by atoms with E-state index in [-0.39, 0.29) is 11.1 Å². The predicted molar refractivity (Wildman–Crippen MR) is 118 cm³/mol. The van der Waals surface area contributed by atoms with Crippen LogP contribution in [0.1, 0.15) is 34.1 Å². The number of rotatable bonds is 15. The first-order valence-corrected chi connectivity index (χ1v) is 10.7. The largest absolute Gasteiger partial charge is 0.315 e. The van der Waals surface area contributed by atoms with Gasteiger partial charge in [0.05, 0.1) is 5.66 Å². The molecule has 0 aromatic rings. The first-order valence-electron chi connectivity index (χ1n) is 8.79. The number of nitrogens with two attached hydrogens (primary N) is 1. The summed E-state index contributed by atoms with van der Waals surface area (Å²) < 4.78 is 0. The van der Waals surface area contributed by atoms with Crippen molar-refractivity contribution in [1.29, 1.82) is 0 Å². The number of hydrogen-bond acceptors (Lipinski definition) is 8. The maximum Gasteiger partial charge on any atom is 0.0798 e. The minimum atomic E-state index is -0.447. The molecule has 24 heavy (non-hydrogen) atoms. The van der Waals surface area contributed by atoms with Crippen molar-refractivity contribution in [2.75, 3.05) is 50.0 Å². The minimum absolute atomic E-state index is 0.0580. The normalized spacial score (nSPS) is 19.5. The monoisotopic (exact) mass is 397 g/mol. The van der Waals surface area contributed by atoms with E-state index in [1.807, 2.05) is 0 Å². The van der Waals surface area contributed by atoms with Crippen LogP contribution in [0.3, 0.4) is 0 Å². The fourth-order valence-corrected chi connectivity index (χ4v) is 3.17. The second-order valence-corrected chi connectivity index (χ2v) is 8.16. The Balaban J connectivity index is 4.71. The molecule has 0 rings (SSSR count). The quantitative estimate of drug-likeness (QED) is 0.155. The predicted octanol–water partition coefficient (Wildman–Crippen LogP) is 0.737. The van der Waals surface area contributed by atoms with Crippen molar-refractivity contribution in [3.63, 3.8) is 0 Å². The van der Waals surface area contributed by atoms with E-state index in [1.165, 1.54) is 0 Å². The average molecular weight is 398 g/mol. The lowest BCUT2D eigenvalue weighted by atomic mass is 9.98. The highest BCUT2D eigenvalue weighted by Gasteiger charge is 2.31. The smallest absolute Gasteiger partial charge is 0.0798 e. The lowest BCUT2D eigenvalue weighted by Crippen LogP contribution is -2.66. The van der Waals surface area contributed by atoms with E-state index in [1.54, 1.807) is 0 Å². The molecule has 0 amide bonds. The third kappa shape index (κ3) is 9.52. The molecule has 3 atom stereocenters. The van der Waals surface area contributed by atoms with Crippen LogP contribution in [-0.2, 0) is 0 Å². The van der Waals surface area contributed by atoms with Crippen LogP contribution in [0.2, 0.25) is 0 Å². The van der Waals surface area contributed by atoms with Gasteiger partial charge in [0.25, 0.3) is 0 Å². The Morgan fingerprint density at radius 2 is 1.33 bits per heavy atom. The molecule has 0 aromatic carbocycles. The van der Waals surface area contributed by atoms with E-state index in [0.717, 1.165) is 44.1 Å². The van der Waals surface area contributed by atoms with Gasteiger partial charge in [-0.05, 0) is 39.1 Å². The lowest BCUT2D eigenvalue weighted by molar-refractivity contribution is 0.251. The molecule has 0 saturated heterocycles. The summed E-state index contributed by atoms with van der Waals surface area (Å²) in [4.78, 5) is 0. The molecule has 0 aliphatic heterocycles. The van der Waals surface area contributed by atoms with Gasteiger partial charge in [0.15, 0.2) is 0 Å². The van der Waals surface area contributed by atoms with Gasteiger partial charge in [0, 0.05) is 42.2 Å². The van der Waals surface area contributed by atoms with Crippen molar-refractivity contribution in [1.82, 2.24) is 21.3 Å². The number of thiol groups is 3. The summed E-state index contributed by atoms with van der Waals surface area (Å²) in [5.74, 6) is 2.23. The van der Waals surface area contributed by atoms with Crippen LogP contribution >= 0.6 is 37.9 Å². The zero-order valence-electron chi connectivity index (χ0n) is 15.8. The Kier molecular flexibility index (Phi) is 12.7. The lowest BCUT2D eigenvalue weighted by Gasteiger charge is -2.39. The van der Waals surface area contributed by atoms with E-state index in [2.05, 4.69) is 86.8 Å². The zero-order valence-corrected chi connectivity index (χ0v) is 18.5. The summed E-state index contributed by atoms with van der Waals surface area (Å²) in [6.45, 7) is 12.7. The Labute approximate surface area is 165 Å². The molecule has 0 fully saturated rings. The highest BCUT2D eigenvalue weighted by atomic mass is 32.1. The fourth-order valence-electron chi connectivity index (χ4n) is 2.32. The van der Waals surface area contributed by atoms with E-state index >= 15 is 0 Å². The molecule has 6 N–H and O–H groups in total. The van der Waals surface area contributed by atoms with Crippen molar-refractivity contribution in [2.45, 2.75) is 50.9 Å². The first kappa shape index (κ1) is 24.8. The number of hydrogen-bond donors (Lipinski definition) is 8. The topological polar surface area (TPSA) is 74.1 Å². The molecule has 0 bridgehead atoms. The zero-order chi connectivity index (χ0) is 18.7. The van der Waals surface area contributed by atoms with Crippen LogP contribution in [0.25, 0.3) is 0 Å². The van der Waals surface area contributed by atoms with E-state index in [4.69, 9.17) is 5.73 Å². The third-order valence-electron chi connectivity index (χ3n) is 4.29. The third-order valence-corrected chi connectivity index (χ3v) is 5.91. The van der Waals surface area contributed by atoms with Crippen molar-refractivity contribution >= 4 is 37.9 Å². The van der Waals surface area contributed by atoms with Crippen molar-refractivity contribution < 1.29 is 0 Å². The van der Waals surface area contributed by atoms with E-state index in [0.29, 0.717) is 12.3 Å². The summed E-state index contributed by atoms with van der Waals surface area (Å²) in [6, 6.07) is 0. The second kappa shape index (κ2) is 12.3. The molecule has 0 radical (unpaired) electrons. The molecule has 1 unspecified atom stereocenters. The molecule has 0 spiro atoms. The van der Waals surface area contributed by atoms with Crippen molar-refractivity contribution in [2.24, 2.45) is 5.73 Å². The van der Waals surface area contributed by atoms with Gasteiger partial charge in [-0.3, -0.25) is 5.32 Å². The average Bonchev–Trinajstić information content (AvgIpc) is 2.57. The molecule has 0 saturated carbocycles. The molecule has 5 nitrogen and oxygen atoms in total. The molecule has 0 heterocycles. The van der Waals surface area contributed by atoms with Gasteiger partial charge in [0.1, 0.15) is 0 Å². The molecule has 0 aliphatic rings. The Morgan fingerprint density at radius 1 is 0.792 bits per heavy atom. The summed E-state index contributed by atoms with van der Waals surface area (Å²) in [7, 11) is 0. The van der Waals surface area contributed by atoms with Crippen LogP contribution in [-0.4, -0.2) is 66.7 Å².